The van der Waals surface area contributed by atoms with E-state index in [0.717, 1.165) is 19.3 Å². The fourth-order valence-electron chi connectivity index (χ4n) is 3.18. The van der Waals surface area contributed by atoms with Crippen LogP contribution >= 0.6 is 0 Å². The highest BCUT2D eigenvalue weighted by atomic mass is 16.6. The number of amides is 1. The molecule has 8 nitrogen and oxygen atoms in total. The van der Waals surface area contributed by atoms with Crippen LogP contribution in [0.1, 0.15) is 40.0 Å². The maximum Gasteiger partial charge on any atom is 0.344 e. The van der Waals surface area contributed by atoms with Gasteiger partial charge < -0.3 is 14.8 Å². The van der Waals surface area contributed by atoms with Gasteiger partial charge in [-0.2, -0.15) is 0 Å². The zero-order valence-electron chi connectivity index (χ0n) is 15.8. The molecule has 1 aliphatic carbocycles. The highest BCUT2D eigenvalue weighted by Gasteiger charge is 2.30. The first-order valence-corrected chi connectivity index (χ1v) is 9.15. The van der Waals surface area contributed by atoms with E-state index in [0.29, 0.717) is 17.6 Å². The molecule has 27 heavy (non-hydrogen) atoms. The third-order valence-corrected chi connectivity index (χ3v) is 5.12. The van der Waals surface area contributed by atoms with Crippen molar-refractivity contribution in [1.29, 1.82) is 0 Å². The van der Waals surface area contributed by atoms with Crippen molar-refractivity contribution in [2.75, 3.05) is 6.61 Å². The molecule has 1 fully saturated rings. The number of nitrogens with one attached hydrogen (secondary N) is 1. The Hall–Kier alpha value is -2.64. The minimum atomic E-state index is -0.914. The fraction of sp³-hybridized carbons (Fsp3) is 0.579. The van der Waals surface area contributed by atoms with Gasteiger partial charge in [-0.3, -0.25) is 14.9 Å². The van der Waals surface area contributed by atoms with Gasteiger partial charge in [-0.1, -0.05) is 26.7 Å². The van der Waals surface area contributed by atoms with Gasteiger partial charge in [0.2, 0.25) is 0 Å². The minimum Gasteiger partial charge on any atom is -0.482 e. The maximum atomic E-state index is 12.3. The van der Waals surface area contributed by atoms with Crippen LogP contribution in [0.3, 0.4) is 0 Å². The third-order valence-electron chi connectivity index (χ3n) is 5.12. The molecule has 0 unspecified atom stereocenters. The Labute approximate surface area is 158 Å². The van der Waals surface area contributed by atoms with Crippen molar-refractivity contribution >= 4 is 17.6 Å². The number of hydrogen-bond acceptors (Lipinski definition) is 6. The van der Waals surface area contributed by atoms with Gasteiger partial charge in [0.05, 0.1) is 4.92 Å². The number of rotatable bonds is 7. The largest absolute Gasteiger partial charge is 0.482 e. The van der Waals surface area contributed by atoms with Crippen LogP contribution in [0.5, 0.6) is 5.75 Å². The number of non-ortho nitro benzene ring substituents is 1. The molecule has 1 amide bonds. The standard InChI is InChI=1S/C19H26N2O6/c1-12-5-4-6-17(13(12)2)20-19(23)14(3)27-18(22)11-26-16-9-7-15(8-10-16)21(24)25/h7-10,12-14,17H,4-6,11H2,1-3H3,(H,20,23)/t12-,13+,14+,17-/m0/s1. The lowest BCUT2D eigenvalue weighted by Crippen LogP contribution is -2.47. The summed E-state index contributed by atoms with van der Waals surface area (Å²) in [7, 11) is 0. The SMILES string of the molecule is C[C@H]1[C@@H](NC(=O)[C@@H](C)OC(=O)COc2ccc([N+](=O)[O-])cc2)CCC[C@@H]1C. The van der Waals surface area contributed by atoms with E-state index < -0.39 is 17.0 Å². The first kappa shape index (κ1) is 20.7. The second-order valence-electron chi connectivity index (χ2n) is 7.05. The summed E-state index contributed by atoms with van der Waals surface area (Å²) in [5, 5.41) is 13.6. The predicted molar refractivity (Wildman–Crippen MR) is 98.3 cm³/mol. The summed E-state index contributed by atoms with van der Waals surface area (Å²) in [6.07, 6.45) is 2.26. The zero-order valence-corrected chi connectivity index (χ0v) is 15.8. The van der Waals surface area contributed by atoms with Crippen molar-refractivity contribution in [3.63, 3.8) is 0 Å². The topological polar surface area (TPSA) is 108 Å². The Morgan fingerprint density at radius 2 is 1.93 bits per heavy atom. The van der Waals surface area contributed by atoms with Crippen LogP contribution in [0.2, 0.25) is 0 Å². The Bertz CT molecular complexity index is 675. The monoisotopic (exact) mass is 378 g/mol. The zero-order chi connectivity index (χ0) is 20.0. The van der Waals surface area contributed by atoms with Crippen LogP contribution in [-0.4, -0.2) is 35.6 Å². The van der Waals surface area contributed by atoms with Gasteiger partial charge in [0.25, 0.3) is 11.6 Å². The van der Waals surface area contributed by atoms with Crippen molar-refractivity contribution in [3.05, 3.63) is 34.4 Å². The minimum absolute atomic E-state index is 0.0681. The molecule has 0 bridgehead atoms. The van der Waals surface area contributed by atoms with E-state index in [4.69, 9.17) is 9.47 Å². The van der Waals surface area contributed by atoms with Crippen molar-refractivity contribution in [2.45, 2.75) is 52.2 Å². The second kappa shape index (κ2) is 9.34. The molecule has 8 heteroatoms. The van der Waals surface area contributed by atoms with Crippen LogP contribution in [0.4, 0.5) is 5.69 Å². The van der Waals surface area contributed by atoms with E-state index >= 15 is 0 Å². The smallest absolute Gasteiger partial charge is 0.344 e. The molecule has 0 radical (unpaired) electrons. The quantitative estimate of drug-likeness (QED) is 0.444. The van der Waals surface area contributed by atoms with Crippen molar-refractivity contribution < 1.29 is 24.0 Å². The van der Waals surface area contributed by atoms with E-state index in [2.05, 4.69) is 19.2 Å². The van der Waals surface area contributed by atoms with Gasteiger partial charge in [-0.25, -0.2) is 4.79 Å². The van der Waals surface area contributed by atoms with Crippen LogP contribution in [-0.2, 0) is 14.3 Å². The van der Waals surface area contributed by atoms with Crippen molar-refractivity contribution in [2.24, 2.45) is 11.8 Å². The first-order chi connectivity index (χ1) is 12.8. The Morgan fingerprint density at radius 3 is 2.56 bits per heavy atom. The van der Waals surface area contributed by atoms with Crippen molar-refractivity contribution in [1.82, 2.24) is 5.32 Å². The molecule has 4 atom stereocenters. The molecule has 1 N–H and O–H groups in total. The summed E-state index contributed by atoms with van der Waals surface area (Å²) >= 11 is 0. The van der Waals surface area contributed by atoms with E-state index in [9.17, 15) is 19.7 Å². The van der Waals surface area contributed by atoms with Crippen LogP contribution in [0.15, 0.2) is 24.3 Å². The molecule has 2 rings (SSSR count). The number of benzene rings is 1. The summed E-state index contributed by atoms with van der Waals surface area (Å²) in [5.41, 5.74) is -0.0681. The van der Waals surface area contributed by atoms with E-state index in [1.165, 1.54) is 31.2 Å². The van der Waals surface area contributed by atoms with E-state index in [1.807, 2.05) is 0 Å². The summed E-state index contributed by atoms with van der Waals surface area (Å²) in [5.74, 6) is 0.249. The Balaban J connectivity index is 1.77. The van der Waals surface area contributed by atoms with E-state index in [1.54, 1.807) is 0 Å². The maximum absolute atomic E-state index is 12.3. The summed E-state index contributed by atoms with van der Waals surface area (Å²) in [4.78, 5) is 34.2. The molecule has 1 aromatic carbocycles. The van der Waals surface area contributed by atoms with Gasteiger partial charge in [-0.05, 0) is 37.3 Å². The Kier molecular flexibility index (Phi) is 7.15. The van der Waals surface area contributed by atoms with E-state index in [-0.39, 0.29) is 24.2 Å². The molecule has 1 aliphatic rings. The average Bonchev–Trinajstić information content (AvgIpc) is 2.64. The molecule has 1 aromatic rings. The van der Waals surface area contributed by atoms with Gasteiger partial charge in [0, 0.05) is 18.2 Å². The molecule has 148 valence electrons. The van der Waals surface area contributed by atoms with Gasteiger partial charge >= 0.3 is 5.97 Å². The molecular weight excluding hydrogens is 352 g/mol. The van der Waals surface area contributed by atoms with Gasteiger partial charge in [0.1, 0.15) is 5.75 Å². The molecule has 0 saturated heterocycles. The normalized spacial score (nSPS) is 23.1. The number of esters is 1. The number of carbonyl (C=O) groups is 2. The van der Waals surface area contributed by atoms with Crippen molar-refractivity contribution in [3.8, 4) is 5.75 Å². The van der Waals surface area contributed by atoms with Gasteiger partial charge in [0.15, 0.2) is 12.7 Å². The molecule has 1 saturated carbocycles. The highest BCUT2D eigenvalue weighted by Crippen LogP contribution is 2.29. The number of carbonyl (C=O) groups excluding carboxylic acids is 2. The molecule has 0 spiro atoms. The number of nitro benzene ring substituents is 1. The number of hydrogen-bond donors (Lipinski definition) is 1. The highest BCUT2D eigenvalue weighted by molar-refractivity contribution is 5.83. The molecule has 0 aliphatic heterocycles. The molecule has 0 heterocycles. The lowest BCUT2D eigenvalue weighted by atomic mass is 9.78. The average molecular weight is 378 g/mol. The lowest BCUT2D eigenvalue weighted by Gasteiger charge is -2.35. The summed E-state index contributed by atoms with van der Waals surface area (Å²) < 4.78 is 10.4. The van der Waals surface area contributed by atoms with Crippen LogP contribution in [0, 0.1) is 22.0 Å². The number of nitrogens with zero attached hydrogens (tertiary/aromatic N) is 1. The first-order valence-electron chi connectivity index (χ1n) is 9.15. The molecule has 0 aromatic heterocycles. The second-order valence-corrected chi connectivity index (χ2v) is 7.05. The lowest BCUT2D eigenvalue weighted by molar-refractivity contribution is -0.384. The fourth-order valence-corrected chi connectivity index (χ4v) is 3.18. The Morgan fingerprint density at radius 1 is 1.26 bits per heavy atom. The third kappa shape index (κ3) is 5.94. The van der Waals surface area contributed by atoms with Crippen LogP contribution in [0.25, 0.3) is 0 Å². The summed E-state index contributed by atoms with van der Waals surface area (Å²) in [6, 6.07) is 5.45. The van der Waals surface area contributed by atoms with Gasteiger partial charge in [-0.15, -0.1) is 0 Å². The predicted octanol–water partition coefficient (Wildman–Crippen LogP) is 2.85. The number of ether oxygens (including phenoxy) is 2. The molecular formula is C19H26N2O6. The van der Waals surface area contributed by atoms with Crippen LogP contribution < -0.4 is 10.1 Å². The summed E-state index contributed by atoms with van der Waals surface area (Å²) in [6.45, 7) is 5.45. The number of nitro groups is 1.